The van der Waals surface area contributed by atoms with Gasteiger partial charge >= 0.3 is 0 Å². The van der Waals surface area contributed by atoms with Gasteiger partial charge in [-0.25, -0.2) is 4.98 Å². The molecule has 1 aromatic heterocycles. The lowest BCUT2D eigenvalue weighted by atomic mass is 10.0. The molecule has 1 heterocycles. The number of hydrogen-bond acceptors (Lipinski definition) is 3. The summed E-state index contributed by atoms with van der Waals surface area (Å²) in [5, 5.41) is 10.4. The van der Waals surface area contributed by atoms with Crippen LogP contribution in [0.15, 0.2) is 24.5 Å². The number of H-pyrrole nitrogens is 1. The summed E-state index contributed by atoms with van der Waals surface area (Å²) in [4.78, 5) is 4.28. The van der Waals surface area contributed by atoms with Crippen molar-refractivity contribution in [2.45, 2.75) is 39.7 Å². The van der Waals surface area contributed by atoms with Gasteiger partial charge in [0, 0.05) is 0 Å². The third kappa shape index (κ3) is 3.89. The second-order valence-corrected chi connectivity index (χ2v) is 5.08. The van der Waals surface area contributed by atoms with Crippen LogP contribution in [-0.2, 0) is 6.42 Å². The van der Waals surface area contributed by atoms with Gasteiger partial charge in [0.25, 0.3) is 0 Å². The molecule has 0 bridgehead atoms. The van der Waals surface area contributed by atoms with Gasteiger partial charge in [-0.2, -0.15) is 5.10 Å². The number of aryl methyl sites for hydroxylation is 2. The Morgan fingerprint density at radius 2 is 1.95 bits per heavy atom. The average Bonchev–Trinajstić information content (AvgIpc) is 2.87. The molecule has 0 aliphatic rings. The van der Waals surface area contributed by atoms with E-state index in [9.17, 15) is 0 Å². The Balaban J connectivity index is 2.15. The molecule has 0 saturated carbocycles. The average molecular weight is 258 g/mol. The SMILES string of the molecule is CCCNC(Cc1cc(C)cc(C)c1)c1ncn[nH]1. The first-order valence-corrected chi connectivity index (χ1v) is 6.85. The van der Waals surface area contributed by atoms with Gasteiger partial charge < -0.3 is 5.32 Å². The minimum atomic E-state index is 0.198. The Labute approximate surface area is 114 Å². The highest BCUT2D eigenvalue weighted by molar-refractivity contribution is 5.29. The molecule has 2 rings (SSSR count). The van der Waals surface area contributed by atoms with Gasteiger partial charge in [-0.3, -0.25) is 5.10 Å². The number of hydrogen-bond donors (Lipinski definition) is 2. The molecule has 0 saturated heterocycles. The first-order chi connectivity index (χ1) is 9.19. The third-order valence-corrected chi connectivity index (χ3v) is 3.13. The minimum Gasteiger partial charge on any atom is -0.307 e. The van der Waals surface area contributed by atoms with E-state index in [1.807, 2.05) is 0 Å². The Morgan fingerprint density at radius 1 is 1.21 bits per heavy atom. The standard InChI is InChI=1S/C15H22N4/c1-4-5-16-14(15-17-10-18-19-15)9-13-7-11(2)6-12(3)8-13/h6-8,10,14,16H,4-5,9H2,1-3H3,(H,17,18,19). The van der Waals surface area contributed by atoms with Crippen molar-refractivity contribution in [3.05, 3.63) is 47.0 Å². The molecule has 19 heavy (non-hydrogen) atoms. The zero-order chi connectivity index (χ0) is 13.7. The number of aromatic nitrogens is 3. The first kappa shape index (κ1) is 13.7. The molecule has 0 fully saturated rings. The van der Waals surface area contributed by atoms with Crippen molar-refractivity contribution < 1.29 is 0 Å². The number of benzene rings is 1. The molecule has 0 aliphatic carbocycles. The zero-order valence-corrected chi connectivity index (χ0v) is 11.9. The summed E-state index contributed by atoms with van der Waals surface area (Å²) in [7, 11) is 0. The normalized spacial score (nSPS) is 12.6. The van der Waals surface area contributed by atoms with Crippen molar-refractivity contribution in [3.63, 3.8) is 0 Å². The van der Waals surface area contributed by atoms with Crippen molar-refractivity contribution >= 4 is 0 Å². The van der Waals surface area contributed by atoms with E-state index in [1.54, 1.807) is 6.33 Å². The predicted molar refractivity (Wildman–Crippen MR) is 77.0 cm³/mol. The molecule has 0 radical (unpaired) electrons. The highest BCUT2D eigenvalue weighted by Crippen LogP contribution is 2.17. The highest BCUT2D eigenvalue weighted by Gasteiger charge is 2.14. The molecule has 2 N–H and O–H groups in total. The second-order valence-electron chi connectivity index (χ2n) is 5.08. The lowest BCUT2D eigenvalue weighted by Crippen LogP contribution is -2.25. The van der Waals surface area contributed by atoms with Gasteiger partial charge in [-0.1, -0.05) is 36.2 Å². The van der Waals surface area contributed by atoms with Gasteiger partial charge in [0.1, 0.15) is 12.2 Å². The van der Waals surface area contributed by atoms with Crippen LogP contribution < -0.4 is 5.32 Å². The van der Waals surface area contributed by atoms with Crippen molar-refractivity contribution in [2.24, 2.45) is 0 Å². The van der Waals surface area contributed by atoms with Crippen LogP contribution in [0.4, 0.5) is 0 Å². The smallest absolute Gasteiger partial charge is 0.141 e. The third-order valence-electron chi connectivity index (χ3n) is 3.13. The van der Waals surface area contributed by atoms with Crippen LogP contribution >= 0.6 is 0 Å². The van der Waals surface area contributed by atoms with Gasteiger partial charge in [-0.15, -0.1) is 0 Å². The molecule has 4 heteroatoms. The van der Waals surface area contributed by atoms with Gasteiger partial charge in [-0.05, 0) is 38.8 Å². The number of nitrogens with one attached hydrogen (secondary N) is 2. The summed E-state index contributed by atoms with van der Waals surface area (Å²) in [6, 6.07) is 6.88. The van der Waals surface area contributed by atoms with Gasteiger partial charge in [0.05, 0.1) is 6.04 Å². The molecule has 1 unspecified atom stereocenters. The highest BCUT2D eigenvalue weighted by atomic mass is 15.2. The van der Waals surface area contributed by atoms with E-state index in [2.05, 4.69) is 59.5 Å². The van der Waals surface area contributed by atoms with E-state index in [0.29, 0.717) is 0 Å². The summed E-state index contributed by atoms with van der Waals surface area (Å²) >= 11 is 0. The van der Waals surface area contributed by atoms with E-state index in [4.69, 9.17) is 0 Å². The lowest BCUT2D eigenvalue weighted by Gasteiger charge is -2.16. The Bertz CT molecular complexity index is 485. The fourth-order valence-electron chi connectivity index (χ4n) is 2.39. The molecular formula is C15H22N4. The van der Waals surface area contributed by atoms with Crippen LogP contribution in [-0.4, -0.2) is 21.7 Å². The first-order valence-electron chi connectivity index (χ1n) is 6.85. The maximum absolute atomic E-state index is 4.28. The van der Waals surface area contributed by atoms with E-state index in [0.717, 1.165) is 25.2 Å². The van der Waals surface area contributed by atoms with E-state index in [1.165, 1.54) is 16.7 Å². The molecule has 2 aromatic rings. The van der Waals surface area contributed by atoms with Crippen LogP contribution in [0.25, 0.3) is 0 Å². The van der Waals surface area contributed by atoms with Crippen molar-refractivity contribution in [1.29, 1.82) is 0 Å². The largest absolute Gasteiger partial charge is 0.307 e. The van der Waals surface area contributed by atoms with Crippen molar-refractivity contribution in [1.82, 2.24) is 20.5 Å². The molecule has 102 valence electrons. The lowest BCUT2D eigenvalue weighted by molar-refractivity contribution is 0.506. The molecule has 0 aliphatic heterocycles. The van der Waals surface area contributed by atoms with E-state index >= 15 is 0 Å². The Hall–Kier alpha value is -1.68. The molecule has 1 atom stereocenters. The maximum Gasteiger partial charge on any atom is 0.141 e. The fourth-order valence-corrected chi connectivity index (χ4v) is 2.39. The van der Waals surface area contributed by atoms with Crippen molar-refractivity contribution in [2.75, 3.05) is 6.54 Å². The van der Waals surface area contributed by atoms with Crippen LogP contribution in [0, 0.1) is 13.8 Å². The molecule has 0 amide bonds. The van der Waals surface area contributed by atoms with Gasteiger partial charge in [0.2, 0.25) is 0 Å². The monoisotopic (exact) mass is 258 g/mol. The number of nitrogens with zero attached hydrogens (tertiary/aromatic N) is 2. The van der Waals surface area contributed by atoms with E-state index in [-0.39, 0.29) is 6.04 Å². The summed E-state index contributed by atoms with van der Waals surface area (Å²) in [6.45, 7) is 7.43. The second kappa shape index (κ2) is 6.48. The molecule has 1 aromatic carbocycles. The van der Waals surface area contributed by atoms with Crippen molar-refractivity contribution in [3.8, 4) is 0 Å². The summed E-state index contributed by atoms with van der Waals surface area (Å²) < 4.78 is 0. The van der Waals surface area contributed by atoms with Crippen LogP contribution in [0.5, 0.6) is 0 Å². The summed E-state index contributed by atoms with van der Waals surface area (Å²) in [5.41, 5.74) is 3.95. The van der Waals surface area contributed by atoms with Crippen LogP contribution in [0.3, 0.4) is 0 Å². The topological polar surface area (TPSA) is 53.6 Å². The Morgan fingerprint density at radius 3 is 2.53 bits per heavy atom. The number of aromatic amines is 1. The van der Waals surface area contributed by atoms with Crippen LogP contribution in [0.1, 0.15) is 41.9 Å². The van der Waals surface area contributed by atoms with E-state index < -0.39 is 0 Å². The maximum atomic E-state index is 4.28. The van der Waals surface area contributed by atoms with Crippen LogP contribution in [0.2, 0.25) is 0 Å². The Kier molecular flexibility index (Phi) is 4.68. The summed E-state index contributed by atoms with van der Waals surface area (Å²) in [5.74, 6) is 0.910. The zero-order valence-electron chi connectivity index (χ0n) is 11.9. The predicted octanol–water partition coefficient (Wildman–Crippen LogP) is 2.70. The molecule has 0 spiro atoms. The minimum absolute atomic E-state index is 0.198. The molecule has 4 nitrogen and oxygen atoms in total. The van der Waals surface area contributed by atoms with Gasteiger partial charge in [0.15, 0.2) is 0 Å². The summed E-state index contributed by atoms with van der Waals surface area (Å²) in [6.07, 6.45) is 3.60. The quantitative estimate of drug-likeness (QED) is 0.837. The fraction of sp³-hybridized carbons (Fsp3) is 0.467. The molecular weight excluding hydrogens is 236 g/mol. The number of rotatable bonds is 6.